The van der Waals surface area contributed by atoms with Crippen LogP contribution in [0.4, 0.5) is 4.39 Å². The first-order valence-electron chi connectivity index (χ1n) is 8.02. The summed E-state index contributed by atoms with van der Waals surface area (Å²) in [5.74, 6) is 1.76. The van der Waals surface area contributed by atoms with Crippen LogP contribution in [-0.2, 0) is 6.42 Å². The minimum absolute atomic E-state index is 0. The van der Waals surface area contributed by atoms with Gasteiger partial charge < -0.3 is 15.2 Å². The maximum atomic E-state index is 13.7. The number of aliphatic imine (C=N–C) groups is 1. The highest BCUT2D eigenvalue weighted by molar-refractivity contribution is 14.0. The second-order valence-corrected chi connectivity index (χ2v) is 5.71. The third-order valence-corrected chi connectivity index (χ3v) is 3.70. The van der Waals surface area contributed by atoms with Gasteiger partial charge in [0.2, 0.25) is 5.89 Å². The molecule has 0 fully saturated rings. The molecule has 8 heteroatoms. The average molecular weight is 461 g/mol. The van der Waals surface area contributed by atoms with E-state index in [0.717, 1.165) is 18.5 Å². The van der Waals surface area contributed by atoms with Gasteiger partial charge in [-0.2, -0.15) is 4.98 Å². The van der Waals surface area contributed by atoms with Gasteiger partial charge in [-0.05, 0) is 44.4 Å². The molecule has 0 aliphatic heterocycles. The molecule has 1 heterocycles. The summed E-state index contributed by atoms with van der Waals surface area (Å²) < 4.78 is 18.7. The van der Waals surface area contributed by atoms with E-state index >= 15 is 0 Å². The van der Waals surface area contributed by atoms with Crippen molar-refractivity contribution in [3.8, 4) is 0 Å². The number of rotatable bonds is 6. The molecule has 0 aliphatic carbocycles. The smallest absolute Gasteiger partial charge is 0.226 e. The monoisotopic (exact) mass is 461 g/mol. The van der Waals surface area contributed by atoms with Gasteiger partial charge in [0.25, 0.3) is 0 Å². The predicted octanol–water partition coefficient (Wildman–Crippen LogP) is 3.30. The molecule has 6 nitrogen and oxygen atoms in total. The van der Waals surface area contributed by atoms with Crippen molar-refractivity contribution in [1.82, 2.24) is 20.8 Å². The zero-order chi connectivity index (χ0) is 17.5. The Morgan fingerprint density at radius 2 is 2.12 bits per heavy atom. The average Bonchev–Trinajstić information content (AvgIpc) is 2.98. The highest BCUT2D eigenvalue weighted by Crippen LogP contribution is 2.16. The zero-order valence-electron chi connectivity index (χ0n) is 15.0. The second kappa shape index (κ2) is 10.3. The van der Waals surface area contributed by atoms with Crippen LogP contribution in [0.1, 0.15) is 42.2 Å². The lowest BCUT2D eigenvalue weighted by atomic mass is 10.1. The molecule has 1 atom stereocenters. The Morgan fingerprint density at radius 1 is 1.36 bits per heavy atom. The number of aryl methyl sites for hydroxylation is 3. The van der Waals surface area contributed by atoms with Crippen molar-refractivity contribution in [2.75, 3.05) is 13.6 Å². The molecule has 0 radical (unpaired) electrons. The first-order valence-corrected chi connectivity index (χ1v) is 8.02. The van der Waals surface area contributed by atoms with Gasteiger partial charge in [0.05, 0.1) is 6.04 Å². The second-order valence-electron chi connectivity index (χ2n) is 5.71. The van der Waals surface area contributed by atoms with Gasteiger partial charge in [-0.3, -0.25) is 4.99 Å². The van der Waals surface area contributed by atoms with Crippen LogP contribution in [0.25, 0.3) is 0 Å². The van der Waals surface area contributed by atoms with Crippen molar-refractivity contribution in [3.63, 3.8) is 0 Å². The van der Waals surface area contributed by atoms with Crippen molar-refractivity contribution < 1.29 is 8.91 Å². The van der Waals surface area contributed by atoms with E-state index in [4.69, 9.17) is 4.52 Å². The normalized spacial score (nSPS) is 12.4. The molecule has 0 amide bonds. The van der Waals surface area contributed by atoms with Gasteiger partial charge in [0.15, 0.2) is 11.8 Å². The van der Waals surface area contributed by atoms with Crippen LogP contribution in [0.15, 0.2) is 27.7 Å². The fourth-order valence-electron chi connectivity index (χ4n) is 2.25. The predicted molar refractivity (Wildman–Crippen MR) is 107 cm³/mol. The molecule has 1 unspecified atom stereocenters. The van der Waals surface area contributed by atoms with Crippen LogP contribution in [0, 0.1) is 19.7 Å². The minimum atomic E-state index is -0.195. The summed E-state index contributed by atoms with van der Waals surface area (Å²) in [4.78, 5) is 8.36. The Balaban J connectivity index is 0.00000312. The van der Waals surface area contributed by atoms with E-state index in [0.29, 0.717) is 29.7 Å². The largest absolute Gasteiger partial charge is 0.356 e. The van der Waals surface area contributed by atoms with Gasteiger partial charge in [0, 0.05) is 20.0 Å². The van der Waals surface area contributed by atoms with E-state index < -0.39 is 0 Å². The van der Waals surface area contributed by atoms with Crippen LogP contribution >= 0.6 is 24.0 Å². The van der Waals surface area contributed by atoms with Crippen molar-refractivity contribution in [3.05, 3.63) is 46.9 Å². The molecule has 2 N–H and O–H groups in total. The fraction of sp³-hybridized carbons (Fsp3) is 0.471. The van der Waals surface area contributed by atoms with Crippen LogP contribution in [-0.4, -0.2) is 29.7 Å². The number of aromatic nitrogens is 2. The van der Waals surface area contributed by atoms with Crippen LogP contribution in [0.5, 0.6) is 0 Å². The van der Waals surface area contributed by atoms with Crippen molar-refractivity contribution >= 4 is 29.9 Å². The minimum Gasteiger partial charge on any atom is -0.356 e. The van der Waals surface area contributed by atoms with Crippen LogP contribution in [0.2, 0.25) is 0 Å². The molecule has 0 saturated heterocycles. The van der Waals surface area contributed by atoms with Crippen molar-refractivity contribution in [1.29, 1.82) is 0 Å². The quantitative estimate of drug-likeness (QED) is 0.299. The van der Waals surface area contributed by atoms with Gasteiger partial charge >= 0.3 is 0 Å². The summed E-state index contributed by atoms with van der Waals surface area (Å²) in [7, 11) is 1.71. The van der Waals surface area contributed by atoms with E-state index in [1.54, 1.807) is 33.0 Å². The van der Waals surface area contributed by atoms with E-state index in [1.165, 1.54) is 0 Å². The summed E-state index contributed by atoms with van der Waals surface area (Å²) in [6.45, 7) is 6.24. The molecule has 2 aromatic rings. The molecule has 1 aromatic heterocycles. The molecular weight excluding hydrogens is 436 g/mol. The van der Waals surface area contributed by atoms with Gasteiger partial charge in [-0.25, -0.2) is 4.39 Å². The summed E-state index contributed by atoms with van der Waals surface area (Å²) in [6, 6.07) is 5.20. The Labute approximate surface area is 164 Å². The van der Waals surface area contributed by atoms with E-state index in [1.807, 2.05) is 13.0 Å². The topological polar surface area (TPSA) is 75.3 Å². The number of halogens is 2. The number of guanidine groups is 1. The summed E-state index contributed by atoms with van der Waals surface area (Å²) in [6.07, 6.45) is 1.55. The number of nitrogens with one attached hydrogen (secondary N) is 2. The zero-order valence-corrected chi connectivity index (χ0v) is 17.3. The number of hydrogen-bond donors (Lipinski definition) is 2. The van der Waals surface area contributed by atoms with E-state index in [9.17, 15) is 4.39 Å². The summed E-state index contributed by atoms with van der Waals surface area (Å²) in [5, 5.41) is 10.2. The Kier molecular flexibility index (Phi) is 8.81. The third-order valence-electron chi connectivity index (χ3n) is 3.70. The lowest BCUT2D eigenvalue weighted by Crippen LogP contribution is -2.39. The van der Waals surface area contributed by atoms with E-state index in [2.05, 4.69) is 25.8 Å². The highest BCUT2D eigenvalue weighted by atomic mass is 127. The Bertz CT molecular complexity index is 704. The molecule has 138 valence electrons. The SMILES string of the molecule is CN=C(NCCCc1nc(C)no1)NC(C)c1ccc(C)c(F)c1.I. The first kappa shape index (κ1) is 21.3. The van der Waals surface area contributed by atoms with E-state index in [-0.39, 0.29) is 35.8 Å². The number of hydrogen-bond acceptors (Lipinski definition) is 4. The molecule has 0 aliphatic rings. The number of nitrogens with zero attached hydrogens (tertiary/aromatic N) is 3. The Morgan fingerprint density at radius 3 is 2.72 bits per heavy atom. The fourth-order valence-corrected chi connectivity index (χ4v) is 2.25. The van der Waals surface area contributed by atoms with Crippen molar-refractivity contribution in [2.45, 2.75) is 39.7 Å². The molecule has 0 saturated carbocycles. The molecular formula is C17H25FIN5O. The van der Waals surface area contributed by atoms with Gasteiger partial charge in [0.1, 0.15) is 5.82 Å². The lowest BCUT2D eigenvalue weighted by molar-refractivity contribution is 0.372. The van der Waals surface area contributed by atoms with Crippen LogP contribution < -0.4 is 10.6 Å². The summed E-state index contributed by atoms with van der Waals surface area (Å²) >= 11 is 0. The molecule has 1 aromatic carbocycles. The molecule has 0 bridgehead atoms. The maximum absolute atomic E-state index is 13.7. The first-order chi connectivity index (χ1) is 11.5. The molecule has 0 spiro atoms. The Hall–Kier alpha value is -1.71. The standard InChI is InChI=1S/C17H24FN5O.HI/c1-11-7-8-14(10-15(11)18)12(2)21-17(19-4)20-9-5-6-16-22-13(3)23-24-16;/h7-8,10,12H,5-6,9H2,1-4H3,(H2,19,20,21);1H. The lowest BCUT2D eigenvalue weighted by Gasteiger charge is -2.18. The maximum Gasteiger partial charge on any atom is 0.226 e. The number of benzene rings is 1. The van der Waals surface area contributed by atoms with Crippen LogP contribution in [0.3, 0.4) is 0 Å². The third kappa shape index (κ3) is 6.60. The van der Waals surface area contributed by atoms with Crippen molar-refractivity contribution in [2.24, 2.45) is 4.99 Å². The molecule has 25 heavy (non-hydrogen) atoms. The highest BCUT2D eigenvalue weighted by Gasteiger charge is 2.10. The summed E-state index contributed by atoms with van der Waals surface area (Å²) in [5.41, 5.74) is 1.52. The van der Waals surface area contributed by atoms with Gasteiger partial charge in [-0.15, -0.1) is 24.0 Å². The molecule has 2 rings (SSSR count). The van der Waals surface area contributed by atoms with Gasteiger partial charge in [-0.1, -0.05) is 17.3 Å².